The zero-order chi connectivity index (χ0) is 11.4. The van der Waals surface area contributed by atoms with Crippen LogP contribution in [-0.4, -0.2) is 23.6 Å². The summed E-state index contributed by atoms with van der Waals surface area (Å²) in [5, 5.41) is 8.91. The molecule has 0 aliphatic carbocycles. The van der Waals surface area contributed by atoms with E-state index in [0.717, 1.165) is 4.47 Å². The van der Waals surface area contributed by atoms with Crippen LogP contribution in [0.3, 0.4) is 0 Å². The average molecular weight is 290 g/mol. The lowest BCUT2D eigenvalue weighted by Gasteiger charge is -2.20. The molecule has 4 nitrogen and oxygen atoms in total. The number of nitriles is 1. The van der Waals surface area contributed by atoms with Gasteiger partial charge in [-0.1, -0.05) is 0 Å². The molecule has 0 amide bonds. The van der Waals surface area contributed by atoms with Crippen LogP contribution in [0.25, 0.3) is 0 Å². The van der Waals surface area contributed by atoms with E-state index in [2.05, 4.69) is 32.0 Å². The van der Waals surface area contributed by atoms with Crippen molar-refractivity contribution in [3.8, 4) is 6.07 Å². The van der Waals surface area contributed by atoms with Crippen molar-refractivity contribution in [1.29, 1.82) is 5.26 Å². The van der Waals surface area contributed by atoms with Crippen LogP contribution in [0.5, 0.6) is 0 Å². The maximum absolute atomic E-state index is 8.71. The van der Waals surface area contributed by atoms with E-state index < -0.39 is 0 Å². The summed E-state index contributed by atoms with van der Waals surface area (Å²) in [6, 6.07) is 2.17. The lowest BCUT2D eigenvalue weighted by atomic mass is 10.2. The van der Waals surface area contributed by atoms with Crippen molar-refractivity contribution in [1.82, 2.24) is 9.97 Å². The normalized spacial score (nSPS) is 11.9. The maximum atomic E-state index is 8.71. The van der Waals surface area contributed by atoms with Crippen molar-refractivity contribution in [3.63, 3.8) is 0 Å². The molecule has 1 aromatic heterocycles. The third-order valence-electron chi connectivity index (χ3n) is 1.83. The molecule has 1 unspecified atom stereocenters. The van der Waals surface area contributed by atoms with Crippen LogP contribution >= 0.6 is 27.5 Å². The molecule has 0 fully saturated rings. The molecule has 80 valence electrons. The second kappa shape index (κ2) is 5.29. The van der Waals surface area contributed by atoms with Gasteiger partial charge in [0.15, 0.2) is 0 Å². The van der Waals surface area contributed by atoms with E-state index in [-0.39, 0.29) is 11.2 Å². The molecule has 6 heteroatoms. The maximum Gasteiger partial charge on any atom is 0.224 e. The van der Waals surface area contributed by atoms with Crippen LogP contribution in [0.15, 0.2) is 10.7 Å². The van der Waals surface area contributed by atoms with Gasteiger partial charge in [0.2, 0.25) is 5.28 Å². The van der Waals surface area contributed by atoms with Gasteiger partial charge in [-0.3, -0.25) is 0 Å². The van der Waals surface area contributed by atoms with Crippen LogP contribution in [0.1, 0.15) is 6.92 Å². The molecule has 0 N–H and O–H groups in total. The quantitative estimate of drug-likeness (QED) is 0.802. The van der Waals surface area contributed by atoms with Gasteiger partial charge >= 0.3 is 0 Å². The first-order valence-corrected chi connectivity index (χ1v) is 5.50. The Morgan fingerprint density at radius 2 is 2.40 bits per heavy atom. The van der Waals surface area contributed by atoms with E-state index in [9.17, 15) is 0 Å². The molecule has 0 spiro atoms. The van der Waals surface area contributed by atoms with E-state index in [4.69, 9.17) is 16.9 Å². The van der Waals surface area contributed by atoms with Gasteiger partial charge in [-0.05, 0) is 34.5 Å². The average Bonchev–Trinajstić information content (AvgIpc) is 2.21. The molecule has 15 heavy (non-hydrogen) atoms. The first-order valence-electron chi connectivity index (χ1n) is 4.33. The van der Waals surface area contributed by atoms with Gasteiger partial charge in [-0.2, -0.15) is 10.2 Å². The number of hydrogen-bond acceptors (Lipinski definition) is 4. The molecule has 1 aromatic rings. The molecule has 0 saturated heterocycles. The van der Waals surface area contributed by atoms with E-state index in [0.29, 0.717) is 12.4 Å². The minimum atomic E-state index is -0.0596. The first kappa shape index (κ1) is 12.2. The molecule has 0 saturated carbocycles. The van der Waals surface area contributed by atoms with Crippen molar-refractivity contribution < 1.29 is 0 Å². The first-order chi connectivity index (χ1) is 7.04. The largest absolute Gasteiger partial charge is 0.357 e. The number of aromatic nitrogens is 2. The summed E-state index contributed by atoms with van der Waals surface area (Å²) >= 11 is 9.03. The predicted octanol–water partition coefficient (Wildman–Crippen LogP) is 2.49. The fourth-order valence-electron chi connectivity index (χ4n) is 1.14. The highest BCUT2D eigenvalue weighted by Crippen LogP contribution is 2.23. The molecule has 1 atom stereocenters. The Morgan fingerprint density at radius 3 is 3.00 bits per heavy atom. The zero-order valence-corrected chi connectivity index (χ0v) is 10.7. The number of halogens is 2. The van der Waals surface area contributed by atoms with Crippen molar-refractivity contribution in [3.05, 3.63) is 16.0 Å². The standard InChI is InChI=1S/C9H10BrClN4/c1-6(3-12)5-15(2)8-7(10)4-13-9(11)14-8/h4,6H,5H2,1-2H3. The summed E-state index contributed by atoms with van der Waals surface area (Å²) < 4.78 is 0.763. The van der Waals surface area contributed by atoms with Gasteiger partial charge in [0.05, 0.1) is 16.5 Å². The van der Waals surface area contributed by atoms with Crippen molar-refractivity contribution >= 4 is 33.3 Å². The van der Waals surface area contributed by atoms with Gasteiger partial charge in [0.25, 0.3) is 0 Å². The summed E-state index contributed by atoms with van der Waals surface area (Å²) in [5.74, 6) is 0.632. The molecule has 0 bridgehead atoms. The van der Waals surface area contributed by atoms with Crippen LogP contribution in [0, 0.1) is 17.2 Å². The zero-order valence-electron chi connectivity index (χ0n) is 8.41. The monoisotopic (exact) mass is 288 g/mol. The van der Waals surface area contributed by atoms with Gasteiger partial charge in [-0.25, -0.2) is 4.98 Å². The van der Waals surface area contributed by atoms with Gasteiger partial charge in [0, 0.05) is 19.8 Å². The Hall–Kier alpha value is -0.860. The molecule has 0 aliphatic heterocycles. The molecule has 0 aromatic carbocycles. The summed E-state index contributed by atoms with van der Waals surface area (Å²) in [7, 11) is 1.86. The summed E-state index contributed by atoms with van der Waals surface area (Å²) in [6.45, 7) is 2.45. The van der Waals surface area contributed by atoms with E-state index in [1.54, 1.807) is 6.20 Å². The number of rotatable bonds is 3. The highest BCUT2D eigenvalue weighted by molar-refractivity contribution is 9.10. The number of hydrogen-bond donors (Lipinski definition) is 0. The second-order valence-corrected chi connectivity index (χ2v) is 4.41. The highest BCUT2D eigenvalue weighted by atomic mass is 79.9. The Morgan fingerprint density at radius 1 is 1.73 bits per heavy atom. The Labute approximate surface area is 102 Å². The van der Waals surface area contributed by atoms with E-state index >= 15 is 0 Å². The lowest BCUT2D eigenvalue weighted by molar-refractivity contribution is 0.708. The second-order valence-electron chi connectivity index (χ2n) is 3.22. The molecule has 1 rings (SSSR count). The van der Waals surface area contributed by atoms with E-state index in [1.165, 1.54) is 0 Å². The third-order valence-corrected chi connectivity index (χ3v) is 2.57. The molecular weight excluding hydrogens is 279 g/mol. The number of nitrogens with zero attached hydrogens (tertiary/aromatic N) is 4. The Balaban J connectivity index is 2.86. The van der Waals surface area contributed by atoms with Crippen LogP contribution < -0.4 is 4.90 Å². The lowest BCUT2D eigenvalue weighted by Crippen LogP contribution is -2.24. The molecule has 0 aliphatic rings. The summed E-state index contributed by atoms with van der Waals surface area (Å²) in [5.41, 5.74) is 0. The summed E-state index contributed by atoms with van der Waals surface area (Å²) in [6.07, 6.45) is 1.60. The van der Waals surface area contributed by atoms with Crippen molar-refractivity contribution in [2.24, 2.45) is 5.92 Å². The SMILES string of the molecule is CC(C#N)CN(C)c1nc(Cl)ncc1Br. The fourth-order valence-corrected chi connectivity index (χ4v) is 1.77. The smallest absolute Gasteiger partial charge is 0.224 e. The van der Waals surface area contributed by atoms with Crippen molar-refractivity contribution in [2.75, 3.05) is 18.5 Å². The predicted molar refractivity (Wildman–Crippen MR) is 62.8 cm³/mol. The van der Waals surface area contributed by atoms with Gasteiger partial charge in [0.1, 0.15) is 5.82 Å². The van der Waals surface area contributed by atoms with Crippen LogP contribution in [0.2, 0.25) is 5.28 Å². The Kier molecular flexibility index (Phi) is 4.30. The minimum Gasteiger partial charge on any atom is -0.357 e. The van der Waals surface area contributed by atoms with Gasteiger partial charge < -0.3 is 4.90 Å². The molecular formula is C9H10BrClN4. The topological polar surface area (TPSA) is 52.8 Å². The third kappa shape index (κ3) is 3.33. The highest BCUT2D eigenvalue weighted by Gasteiger charge is 2.11. The van der Waals surface area contributed by atoms with Crippen LogP contribution in [-0.2, 0) is 0 Å². The van der Waals surface area contributed by atoms with Crippen LogP contribution in [0.4, 0.5) is 5.82 Å². The molecule has 0 radical (unpaired) electrons. The van der Waals surface area contributed by atoms with Crippen molar-refractivity contribution in [2.45, 2.75) is 6.92 Å². The fraction of sp³-hybridized carbons (Fsp3) is 0.444. The van der Waals surface area contributed by atoms with Gasteiger partial charge in [-0.15, -0.1) is 0 Å². The minimum absolute atomic E-state index is 0.0596. The van der Waals surface area contributed by atoms with E-state index in [1.807, 2.05) is 18.9 Å². The summed E-state index contributed by atoms with van der Waals surface area (Å²) in [4.78, 5) is 9.79. The Bertz CT molecular complexity index is 390. The number of anilines is 1. The molecule has 1 heterocycles.